The van der Waals surface area contributed by atoms with Crippen molar-refractivity contribution in [3.05, 3.63) is 85.0 Å². The molecule has 3 atom stereocenters. The highest BCUT2D eigenvalue weighted by Gasteiger charge is 2.13. The molecule has 0 aliphatic carbocycles. The second-order valence-electron chi connectivity index (χ2n) is 14.6. The summed E-state index contributed by atoms with van der Waals surface area (Å²) < 4.78 is 6.00. The van der Waals surface area contributed by atoms with E-state index in [1.165, 1.54) is 42.8 Å². The minimum atomic E-state index is 0.278. The molecule has 1 aromatic carbocycles. The van der Waals surface area contributed by atoms with Crippen molar-refractivity contribution < 1.29 is 4.74 Å². The Hall–Kier alpha value is -1.98. The highest BCUT2D eigenvalue weighted by molar-refractivity contribution is 5.20. The van der Waals surface area contributed by atoms with Gasteiger partial charge in [0.1, 0.15) is 0 Å². The van der Waals surface area contributed by atoms with Crippen molar-refractivity contribution in [3.63, 3.8) is 0 Å². The van der Waals surface area contributed by atoms with Crippen LogP contribution in [0.1, 0.15) is 114 Å². The van der Waals surface area contributed by atoms with Crippen LogP contribution >= 0.6 is 0 Å². The lowest BCUT2D eigenvalue weighted by atomic mass is 10.0. The summed E-state index contributed by atoms with van der Waals surface area (Å²) in [7, 11) is 2.21. The number of ether oxygens (including phenoxy) is 1. The third-order valence-corrected chi connectivity index (χ3v) is 7.51. The smallest absolute Gasteiger partial charge is 0.0673 e. The van der Waals surface area contributed by atoms with E-state index in [0.29, 0.717) is 11.8 Å². The van der Waals surface area contributed by atoms with E-state index in [1.807, 2.05) is 32.9 Å². The predicted octanol–water partition coefficient (Wildman–Crippen LogP) is 12.2. The first kappa shape index (κ1) is 54.8. The van der Waals surface area contributed by atoms with Crippen LogP contribution in [0.25, 0.3) is 0 Å². The lowest BCUT2D eigenvalue weighted by molar-refractivity contribution is 0.0241. The Labute approximate surface area is 316 Å². The van der Waals surface area contributed by atoms with Crippen LogP contribution in [-0.2, 0) is 4.74 Å². The minimum Gasteiger partial charge on any atom is -0.377 e. The minimum absolute atomic E-state index is 0.278. The van der Waals surface area contributed by atoms with Crippen LogP contribution in [0.4, 0.5) is 0 Å². The molecular weight excluding hydrogens is 611 g/mol. The molecule has 0 amide bonds. The molecule has 1 rings (SSSR count). The average Bonchev–Trinajstić information content (AvgIpc) is 3.04. The predicted molar refractivity (Wildman–Crippen MR) is 232 cm³/mol. The number of allylic oxidation sites excluding steroid dienone is 5. The maximum atomic E-state index is 6.00. The van der Waals surface area contributed by atoms with Crippen LogP contribution < -0.4 is 0 Å². The number of hydrogen-bond donors (Lipinski definition) is 0. The van der Waals surface area contributed by atoms with Crippen molar-refractivity contribution >= 4 is 0 Å². The average molecular weight is 700 g/mol. The Bertz CT molecular complexity index is 894. The molecule has 0 fully saturated rings. The number of rotatable bonds is 21. The van der Waals surface area contributed by atoms with Gasteiger partial charge in [-0.3, -0.25) is 0 Å². The fourth-order valence-corrected chi connectivity index (χ4v) is 4.79. The topological polar surface area (TPSA) is 19.0 Å². The van der Waals surface area contributed by atoms with Gasteiger partial charge in [-0.05, 0) is 71.4 Å². The van der Waals surface area contributed by atoms with E-state index in [1.54, 1.807) is 6.08 Å². The third kappa shape index (κ3) is 40.4. The fourth-order valence-electron chi connectivity index (χ4n) is 4.79. The van der Waals surface area contributed by atoms with Gasteiger partial charge in [0, 0.05) is 52.4 Å². The van der Waals surface area contributed by atoms with Crippen LogP contribution in [0, 0.1) is 37.5 Å². The maximum absolute atomic E-state index is 6.00. The van der Waals surface area contributed by atoms with Crippen molar-refractivity contribution in [2.24, 2.45) is 23.7 Å². The molecule has 4 heteroatoms. The van der Waals surface area contributed by atoms with Crippen molar-refractivity contribution in [2.75, 3.05) is 66.0 Å². The van der Waals surface area contributed by atoms with E-state index >= 15 is 0 Å². The van der Waals surface area contributed by atoms with E-state index in [9.17, 15) is 0 Å². The third-order valence-electron chi connectivity index (χ3n) is 7.51. The summed E-state index contributed by atoms with van der Waals surface area (Å²) in [6.45, 7) is 53.7. The van der Waals surface area contributed by atoms with Gasteiger partial charge >= 0.3 is 0 Å². The van der Waals surface area contributed by atoms with Crippen LogP contribution in [0.5, 0.6) is 0 Å². The Morgan fingerprint density at radius 2 is 1.28 bits per heavy atom. The van der Waals surface area contributed by atoms with Gasteiger partial charge in [-0.1, -0.05) is 161 Å². The Morgan fingerprint density at radius 1 is 0.800 bits per heavy atom. The summed E-state index contributed by atoms with van der Waals surface area (Å²) >= 11 is 0. The molecule has 0 radical (unpaired) electrons. The van der Waals surface area contributed by atoms with E-state index in [-0.39, 0.29) is 6.10 Å². The van der Waals surface area contributed by atoms with Gasteiger partial charge in [0.15, 0.2) is 0 Å². The zero-order valence-corrected chi connectivity index (χ0v) is 36.7. The largest absolute Gasteiger partial charge is 0.377 e. The number of nitrogens with zero attached hydrogens (tertiary/aromatic N) is 3. The molecule has 0 saturated heterocycles. The van der Waals surface area contributed by atoms with Crippen LogP contribution in [-0.4, -0.2) is 86.8 Å². The summed E-state index contributed by atoms with van der Waals surface area (Å²) in [6.07, 6.45) is 10.3. The Balaban J connectivity index is -0.000000386. The van der Waals surface area contributed by atoms with E-state index in [4.69, 9.17) is 4.74 Å². The summed E-state index contributed by atoms with van der Waals surface area (Å²) in [6, 6.07) is 8.45. The summed E-state index contributed by atoms with van der Waals surface area (Å²) in [5.74, 6) is 2.50. The van der Waals surface area contributed by atoms with Crippen molar-refractivity contribution in [2.45, 2.75) is 123 Å². The molecule has 2 unspecified atom stereocenters. The molecule has 0 aliphatic rings. The lowest BCUT2D eigenvalue weighted by Crippen LogP contribution is -2.42. The zero-order chi connectivity index (χ0) is 39.5. The van der Waals surface area contributed by atoms with Gasteiger partial charge in [0.2, 0.25) is 0 Å². The standard InChI is InChI=1S/C24H51N3O.C9H14.C8H10.C3H8.C2H6/c1-10-12-23(7)20-28-24(8)19-25(9)13-14-26(11-2)15-16-27(17-21(3)4)18-22(5)6;1-5-6-7-9(4)8(2)3;1-7-4-3-5-8(2)6-7;1-3-2;1-2/h10,21-24H,1,11-20H2,2-9H3;5-7,9H,1-2H2,3-4H3;3-6H,1-2H3;3H2,1-2H3;1-2H3/b;7-6-;;;/t23-,24?;;;;/m1..../s1. The molecule has 50 heavy (non-hydrogen) atoms. The molecular formula is C46H89N3O. The lowest BCUT2D eigenvalue weighted by Gasteiger charge is -2.30. The first-order chi connectivity index (χ1) is 23.6. The molecule has 0 aliphatic heterocycles. The molecule has 0 bridgehead atoms. The van der Waals surface area contributed by atoms with E-state index < -0.39 is 0 Å². The number of benzene rings is 1. The summed E-state index contributed by atoms with van der Waals surface area (Å²) in [5, 5.41) is 0. The number of likely N-dealkylation sites (N-methyl/N-ethyl adjacent to an activating group) is 2. The summed E-state index contributed by atoms with van der Waals surface area (Å²) in [5.41, 5.74) is 3.86. The molecule has 0 N–H and O–H groups in total. The molecule has 0 spiro atoms. The van der Waals surface area contributed by atoms with Gasteiger partial charge < -0.3 is 19.4 Å². The highest BCUT2D eigenvalue weighted by atomic mass is 16.5. The van der Waals surface area contributed by atoms with E-state index in [0.717, 1.165) is 57.6 Å². The molecule has 294 valence electrons. The molecule has 0 heterocycles. The van der Waals surface area contributed by atoms with Crippen molar-refractivity contribution in [3.8, 4) is 0 Å². The monoisotopic (exact) mass is 700 g/mol. The number of aryl methyl sites for hydroxylation is 2. The normalized spacial score (nSPS) is 12.6. The van der Waals surface area contributed by atoms with Crippen LogP contribution in [0.15, 0.2) is 73.9 Å². The van der Waals surface area contributed by atoms with Gasteiger partial charge in [-0.15, -0.1) is 6.58 Å². The molecule has 0 aromatic heterocycles. The van der Waals surface area contributed by atoms with Gasteiger partial charge in [0.25, 0.3) is 0 Å². The van der Waals surface area contributed by atoms with Crippen LogP contribution in [0.2, 0.25) is 0 Å². The van der Waals surface area contributed by atoms with Gasteiger partial charge in [0.05, 0.1) is 6.10 Å². The summed E-state index contributed by atoms with van der Waals surface area (Å²) in [4.78, 5) is 7.63. The van der Waals surface area contributed by atoms with Gasteiger partial charge in [-0.2, -0.15) is 0 Å². The quantitative estimate of drug-likeness (QED) is 0.0939. The van der Waals surface area contributed by atoms with E-state index in [2.05, 4.69) is 155 Å². The second-order valence-corrected chi connectivity index (χ2v) is 14.6. The molecule has 0 saturated carbocycles. The van der Waals surface area contributed by atoms with Crippen LogP contribution in [0.3, 0.4) is 0 Å². The highest BCUT2D eigenvalue weighted by Crippen LogP contribution is 2.08. The Morgan fingerprint density at radius 3 is 1.66 bits per heavy atom. The van der Waals surface area contributed by atoms with Gasteiger partial charge in [-0.25, -0.2) is 0 Å². The van der Waals surface area contributed by atoms with Crippen molar-refractivity contribution in [1.82, 2.24) is 14.7 Å². The first-order valence-corrected chi connectivity index (χ1v) is 19.9. The maximum Gasteiger partial charge on any atom is 0.0673 e. The fraction of sp³-hybridized carbons (Fsp3) is 0.696. The second kappa shape index (κ2) is 38.3. The molecule has 4 nitrogen and oxygen atoms in total. The number of hydrogen-bond acceptors (Lipinski definition) is 4. The van der Waals surface area contributed by atoms with Crippen molar-refractivity contribution in [1.29, 1.82) is 0 Å². The SMILES string of the molecule is C=C/C=C\C(C)C(=C)C.C=CC[C@@H](C)COC(C)CN(C)CCN(CC)CCN(CC(C)C)CC(C)C.CC.CCC.Cc1cccc(C)c1. The molecule has 1 aromatic rings. The first-order valence-electron chi connectivity index (χ1n) is 19.9. The zero-order valence-electron chi connectivity index (χ0n) is 36.7. The Kier molecular flexibility index (Phi) is 41.9.